The minimum absolute atomic E-state index is 0.173. The Balaban J connectivity index is 4.30. The number of Topliss-reactive ketones (excluding diaryl/α,β-unsaturated/α-hetero) is 1. The standard InChI is InChI=1S/C10H19NO4/c1-3-4-9(13)8(10(14)15-11)6-5-7(2)12/h7-8,12H,3-6,11H2,1-2H3. The third-order valence-corrected chi connectivity index (χ3v) is 2.16. The fraction of sp³-hybridized carbons (Fsp3) is 0.800. The lowest BCUT2D eigenvalue weighted by Gasteiger charge is -2.13. The van der Waals surface area contributed by atoms with E-state index in [0.29, 0.717) is 19.3 Å². The van der Waals surface area contributed by atoms with Gasteiger partial charge < -0.3 is 9.94 Å². The molecule has 5 nitrogen and oxygen atoms in total. The van der Waals surface area contributed by atoms with Crippen LogP contribution in [0.15, 0.2) is 0 Å². The van der Waals surface area contributed by atoms with Crippen molar-refractivity contribution < 1.29 is 19.5 Å². The predicted octanol–water partition coefficient (Wildman–Crippen LogP) is 0.550. The van der Waals surface area contributed by atoms with Crippen molar-refractivity contribution in [3.63, 3.8) is 0 Å². The van der Waals surface area contributed by atoms with Crippen LogP contribution in [0.25, 0.3) is 0 Å². The maximum absolute atomic E-state index is 11.5. The Morgan fingerprint density at radius 2 is 2.00 bits per heavy atom. The quantitative estimate of drug-likeness (QED) is 0.480. The number of hydrogen-bond acceptors (Lipinski definition) is 5. The maximum Gasteiger partial charge on any atom is 0.334 e. The van der Waals surface area contributed by atoms with Gasteiger partial charge in [-0.1, -0.05) is 6.92 Å². The van der Waals surface area contributed by atoms with E-state index in [9.17, 15) is 9.59 Å². The molecule has 0 bridgehead atoms. The molecule has 0 aliphatic heterocycles. The van der Waals surface area contributed by atoms with E-state index in [-0.39, 0.29) is 12.2 Å². The van der Waals surface area contributed by atoms with E-state index in [1.807, 2.05) is 6.92 Å². The molecule has 0 saturated heterocycles. The summed E-state index contributed by atoms with van der Waals surface area (Å²) in [6, 6.07) is 0. The van der Waals surface area contributed by atoms with Crippen LogP contribution in [0.3, 0.4) is 0 Å². The molecule has 0 radical (unpaired) electrons. The average Bonchev–Trinajstić information content (AvgIpc) is 2.17. The van der Waals surface area contributed by atoms with Crippen molar-refractivity contribution in [3.05, 3.63) is 0 Å². The highest BCUT2D eigenvalue weighted by atomic mass is 16.7. The predicted molar refractivity (Wildman–Crippen MR) is 54.6 cm³/mol. The summed E-state index contributed by atoms with van der Waals surface area (Å²) < 4.78 is 0. The van der Waals surface area contributed by atoms with Gasteiger partial charge in [0.1, 0.15) is 11.7 Å². The molecular weight excluding hydrogens is 198 g/mol. The summed E-state index contributed by atoms with van der Waals surface area (Å²) in [5.41, 5.74) is 0. The van der Waals surface area contributed by atoms with Crippen LogP contribution in [-0.2, 0) is 14.4 Å². The van der Waals surface area contributed by atoms with Crippen LogP contribution in [0.5, 0.6) is 0 Å². The molecule has 0 aromatic rings. The van der Waals surface area contributed by atoms with Gasteiger partial charge in [0.2, 0.25) is 0 Å². The third kappa shape index (κ3) is 5.49. The Kier molecular flexibility index (Phi) is 6.90. The monoisotopic (exact) mass is 217 g/mol. The highest BCUT2D eigenvalue weighted by Crippen LogP contribution is 2.14. The van der Waals surface area contributed by atoms with Crippen LogP contribution in [0, 0.1) is 5.92 Å². The van der Waals surface area contributed by atoms with Crippen molar-refractivity contribution in [1.29, 1.82) is 0 Å². The lowest BCUT2D eigenvalue weighted by molar-refractivity contribution is -0.153. The highest BCUT2D eigenvalue weighted by Gasteiger charge is 2.26. The van der Waals surface area contributed by atoms with Crippen molar-refractivity contribution in [2.45, 2.75) is 45.6 Å². The van der Waals surface area contributed by atoms with Gasteiger partial charge in [-0.3, -0.25) is 4.79 Å². The number of aliphatic hydroxyl groups is 1. The number of rotatable bonds is 7. The Hall–Kier alpha value is -0.940. The van der Waals surface area contributed by atoms with Crippen molar-refractivity contribution in [2.24, 2.45) is 11.8 Å². The van der Waals surface area contributed by atoms with Crippen molar-refractivity contribution in [1.82, 2.24) is 0 Å². The van der Waals surface area contributed by atoms with Crippen LogP contribution in [0.1, 0.15) is 39.5 Å². The molecule has 0 aliphatic carbocycles. The minimum Gasteiger partial charge on any atom is -0.393 e. The second-order valence-electron chi connectivity index (χ2n) is 3.63. The molecule has 3 N–H and O–H groups in total. The molecule has 5 heteroatoms. The average molecular weight is 217 g/mol. The van der Waals surface area contributed by atoms with Crippen LogP contribution in [-0.4, -0.2) is 23.0 Å². The second kappa shape index (κ2) is 7.36. The van der Waals surface area contributed by atoms with Gasteiger partial charge in [-0.25, -0.2) is 4.79 Å². The fourth-order valence-electron chi connectivity index (χ4n) is 1.32. The summed E-state index contributed by atoms with van der Waals surface area (Å²) in [5.74, 6) is 3.03. The molecule has 0 heterocycles. The summed E-state index contributed by atoms with van der Waals surface area (Å²) in [6.45, 7) is 3.46. The number of carbonyl (C=O) groups is 2. The molecule has 88 valence electrons. The lowest BCUT2D eigenvalue weighted by atomic mass is 9.94. The Labute approximate surface area is 89.5 Å². The van der Waals surface area contributed by atoms with Gasteiger partial charge in [0, 0.05) is 6.42 Å². The smallest absolute Gasteiger partial charge is 0.334 e. The summed E-state index contributed by atoms with van der Waals surface area (Å²) in [7, 11) is 0. The first-order chi connectivity index (χ1) is 7.02. The van der Waals surface area contributed by atoms with Gasteiger partial charge in [-0.05, 0) is 26.2 Å². The Morgan fingerprint density at radius 1 is 1.40 bits per heavy atom. The summed E-state index contributed by atoms with van der Waals surface area (Å²) >= 11 is 0. The van der Waals surface area contributed by atoms with Crippen LogP contribution >= 0.6 is 0 Å². The Bertz CT molecular complexity index is 215. The highest BCUT2D eigenvalue weighted by molar-refractivity contribution is 5.98. The van der Waals surface area contributed by atoms with Crippen molar-refractivity contribution in [2.75, 3.05) is 0 Å². The van der Waals surface area contributed by atoms with Gasteiger partial charge in [0.15, 0.2) is 0 Å². The summed E-state index contributed by atoms with van der Waals surface area (Å²) in [5, 5.41) is 9.07. The first-order valence-electron chi connectivity index (χ1n) is 5.14. The molecule has 0 saturated carbocycles. The number of carbonyl (C=O) groups excluding carboxylic acids is 2. The van der Waals surface area contributed by atoms with E-state index in [2.05, 4.69) is 4.84 Å². The topological polar surface area (TPSA) is 89.6 Å². The fourth-order valence-corrected chi connectivity index (χ4v) is 1.32. The van der Waals surface area contributed by atoms with Crippen molar-refractivity contribution in [3.8, 4) is 0 Å². The van der Waals surface area contributed by atoms with E-state index in [4.69, 9.17) is 11.0 Å². The molecule has 2 atom stereocenters. The SMILES string of the molecule is CCCC(=O)C(CCC(C)O)C(=O)ON. The second-order valence-corrected chi connectivity index (χ2v) is 3.63. The van der Waals surface area contributed by atoms with Gasteiger partial charge in [0.25, 0.3) is 0 Å². The zero-order valence-corrected chi connectivity index (χ0v) is 9.23. The molecular formula is C10H19NO4. The zero-order chi connectivity index (χ0) is 11.8. The summed E-state index contributed by atoms with van der Waals surface area (Å²) in [6.07, 6.45) is 1.15. The maximum atomic E-state index is 11.5. The van der Waals surface area contributed by atoms with Gasteiger partial charge in [-0.2, -0.15) is 5.90 Å². The van der Waals surface area contributed by atoms with Crippen molar-refractivity contribution >= 4 is 11.8 Å². The van der Waals surface area contributed by atoms with E-state index < -0.39 is 18.0 Å². The molecule has 0 fully saturated rings. The number of hydrogen-bond donors (Lipinski definition) is 2. The third-order valence-electron chi connectivity index (χ3n) is 2.16. The normalized spacial score (nSPS) is 14.4. The van der Waals surface area contributed by atoms with Gasteiger partial charge >= 0.3 is 5.97 Å². The zero-order valence-electron chi connectivity index (χ0n) is 9.23. The molecule has 0 aromatic heterocycles. The van der Waals surface area contributed by atoms with E-state index >= 15 is 0 Å². The molecule has 0 aliphatic rings. The molecule has 0 amide bonds. The van der Waals surface area contributed by atoms with E-state index in [1.54, 1.807) is 6.92 Å². The molecule has 2 unspecified atom stereocenters. The number of nitrogens with two attached hydrogens (primary N) is 1. The van der Waals surface area contributed by atoms with Gasteiger partial charge in [-0.15, -0.1) is 0 Å². The minimum atomic E-state index is -0.829. The Morgan fingerprint density at radius 3 is 2.40 bits per heavy atom. The first-order valence-corrected chi connectivity index (χ1v) is 5.14. The first kappa shape index (κ1) is 14.1. The van der Waals surface area contributed by atoms with Crippen LogP contribution in [0.4, 0.5) is 0 Å². The van der Waals surface area contributed by atoms with Gasteiger partial charge in [0.05, 0.1) is 6.10 Å². The molecule has 15 heavy (non-hydrogen) atoms. The van der Waals surface area contributed by atoms with Crippen LogP contribution < -0.4 is 5.90 Å². The molecule has 0 aromatic carbocycles. The van der Waals surface area contributed by atoms with E-state index in [0.717, 1.165) is 0 Å². The number of ketones is 1. The lowest BCUT2D eigenvalue weighted by Crippen LogP contribution is -2.28. The molecule has 0 spiro atoms. The van der Waals surface area contributed by atoms with Crippen LogP contribution in [0.2, 0.25) is 0 Å². The number of aliphatic hydroxyl groups excluding tert-OH is 1. The van der Waals surface area contributed by atoms with E-state index in [1.165, 1.54) is 0 Å². The largest absolute Gasteiger partial charge is 0.393 e. The summed E-state index contributed by atoms with van der Waals surface area (Å²) in [4.78, 5) is 26.8. The molecule has 0 rings (SSSR count).